The van der Waals surface area contributed by atoms with E-state index in [0.717, 1.165) is 65.3 Å². The number of nitrogens with one attached hydrogen (secondary N) is 1. The van der Waals surface area contributed by atoms with Crippen LogP contribution in [0.5, 0.6) is 0 Å². The van der Waals surface area contributed by atoms with E-state index in [2.05, 4.69) is 16.4 Å². The largest absolute Gasteiger partial charge is 0.379 e. The summed E-state index contributed by atoms with van der Waals surface area (Å²) in [6.45, 7) is 4.33. The summed E-state index contributed by atoms with van der Waals surface area (Å²) in [5.74, 6) is -0.290. The number of ether oxygens (including phenoxy) is 1. The molecule has 2 heterocycles. The van der Waals surface area contributed by atoms with Crippen LogP contribution in [-0.2, 0) is 9.57 Å². The van der Waals surface area contributed by atoms with E-state index < -0.39 is 0 Å². The molecular weight excluding hydrogens is 460 g/mol. The minimum Gasteiger partial charge on any atom is -0.379 e. The van der Waals surface area contributed by atoms with Gasteiger partial charge in [0.05, 0.1) is 35.1 Å². The summed E-state index contributed by atoms with van der Waals surface area (Å²) < 4.78 is 6.37. The van der Waals surface area contributed by atoms with E-state index in [1.54, 1.807) is 12.1 Å². The van der Waals surface area contributed by atoms with Gasteiger partial charge in [0.15, 0.2) is 0 Å². The van der Waals surface area contributed by atoms with E-state index in [4.69, 9.17) is 14.6 Å². The van der Waals surface area contributed by atoms with Crippen LogP contribution in [0.4, 0.5) is 0 Å². The van der Waals surface area contributed by atoms with Crippen molar-refractivity contribution in [1.82, 2.24) is 15.4 Å². The molecule has 1 unspecified atom stereocenters. The number of nitriles is 1. The molecule has 35 heavy (non-hydrogen) atoms. The maximum atomic E-state index is 12.9. The molecule has 1 aliphatic rings. The second kappa shape index (κ2) is 10.9. The molecule has 1 atom stereocenters. The standard InChI is InChI=1S/C27H26N4O3S/c28-18-19-7-10-23-25(16-19)35-27(29-23)24(6-3-11-31-12-14-33-15-13-31)34-30-26(32)22-9-8-20-4-1-2-5-21(20)17-22/h1-2,4-5,7-10,16-17,24H,3,6,11-15H2,(H,30,32). The molecule has 8 heteroatoms. The van der Waals surface area contributed by atoms with Crippen LogP contribution in [-0.4, -0.2) is 48.6 Å². The van der Waals surface area contributed by atoms with Gasteiger partial charge in [-0.3, -0.25) is 14.5 Å². The van der Waals surface area contributed by atoms with Crippen LogP contribution in [0.3, 0.4) is 0 Å². The van der Waals surface area contributed by atoms with Crippen LogP contribution in [0, 0.1) is 11.3 Å². The molecule has 1 aliphatic heterocycles. The van der Waals surface area contributed by atoms with Crippen molar-refractivity contribution < 1.29 is 14.4 Å². The molecule has 178 valence electrons. The van der Waals surface area contributed by atoms with Gasteiger partial charge in [-0.15, -0.1) is 11.3 Å². The summed E-state index contributed by atoms with van der Waals surface area (Å²) in [7, 11) is 0. The number of hydroxylamine groups is 1. The van der Waals surface area contributed by atoms with Crippen LogP contribution >= 0.6 is 11.3 Å². The quantitative estimate of drug-likeness (QED) is 0.359. The Hall–Kier alpha value is -3.35. The Morgan fingerprint density at radius 1 is 1.14 bits per heavy atom. The molecule has 0 bridgehead atoms. The predicted octanol–water partition coefficient (Wildman–Crippen LogP) is 4.84. The molecule has 7 nitrogen and oxygen atoms in total. The SMILES string of the molecule is N#Cc1ccc2nc(C(CCCN3CCOCC3)ONC(=O)c3ccc4ccccc4c3)sc2c1. The number of carbonyl (C=O) groups excluding carboxylic acids is 1. The van der Waals surface area contributed by atoms with Gasteiger partial charge >= 0.3 is 0 Å². The first-order chi connectivity index (χ1) is 17.2. The molecule has 1 N–H and O–H groups in total. The van der Waals surface area contributed by atoms with E-state index in [-0.39, 0.29) is 12.0 Å². The highest BCUT2D eigenvalue weighted by atomic mass is 32.1. The number of hydrogen-bond donors (Lipinski definition) is 1. The monoisotopic (exact) mass is 486 g/mol. The summed E-state index contributed by atoms with van der Waals surface area (Å²) in [6.07, 6.45) is 1.22. The molecular formula is C27H26N4O3S. The van der Waals surface area contributed by atoms with Gasteiger partial charge in [0.25, 0.3) is 5.91 Å². The maximum absolute atomic E-state index is 12.9. The fourth-order valence-corrected chi connectivity index (χ4v) is 5.29. The first kappa shape index (κ1) is 23.4. The van der Waals surface area contributed by atoms with E-state index in [0.29, 0.717) is 17.5 Å². The molecule has 4 aromatic rings. The normalized spacial score (nSPS) is 15.2. The Bertz CT molecular complexity index is 1370. The van der Waals surface area contributed by atoms with E-state index in [9.17, 15) is 10.1 Å². The lowest BCUT2D eigenvalue weighted by atomic mass is 10.1. The van der Waals surface area contributed by atoms with Crippen molar-refractivity contribution in [2.24, 2.45) is 0 Å². The number of amides is 1. The third kappa shape index (κ3) is 5.66. The van der Waals surface area contributed by atoms with Gasteiger partial charge in [-0.25, -0.2) is 10.5 Å². The van der Waals surface area contributed by atoms with Gasteiger partial charge in [-0.1, -0.05) is 30.3 Å². The van der Waals surface area contributed by atoms with Gasteiger partial charge in [-0.05, 0) is 60.5 Å². The third-order valence-electron chi connectivity index (χ3n) is 6.16. The topological polar surface area (TPSA) is 87.5 Å². The van der Waals surface area contributed by atoms with Gasteiger partial charge in [-0.2, -0.15) is 5.26 Å². The van der Waals surface area contributed by atoms with E-state index >= 15 is 0 Å². The van der Waals surface area contributed by atoms with Gasteiger partial charge < -0.3 is 4.74 Å². The van der Waals surface area contributed by atoms with Crippen molar-refractivity contribution in [1.29, 1.82) is 5.26 Å². The lowest BCUT2D eigenvalue weighted by Crippen LogP contribution is -2.37. The fourth-order valence-electron chi connectivity index (χ4n) is 4.22. The Labute approximate surface area is 207 Å². The second-order valence-corrected chi connectivity index (χ2v) is 9.60. The first-order valence-corrected chi connectivity index (χ1v) is 12.6. The molecule has 3 aromatic carbocycles. The second-order valence-electron chi connectivity index (χ2n) is 8.54. The van der Waals surface area contributed by atoms with Crippen LogP contribution < -0.4 is 5.48 Å². The minimum absolute atomic E-state index is 0.290. The van der Waals surface area contributed by atoms with Crippen LogP contribution in [0.25, 0.3) is 21.0 Å². The fraction of sp³-hybridized carbons (Fsp3) is 0.296. The molecule has 1 saturated heterocycles. The number of hydrogen-bond acceptors (Lipinski definition) is 7. The zero-order valence-corrected chi connectivity index (χ0v) is 20.1. The molecule has 0 aliphatic carbocycles. The Morgan fingerprint density at radius 3 is 2.80 bits per heavy atom. The third-order valence-corrected chi connectivity index (χ3v) is 7.27. The van der Waals surface area contributed by atoms with Gasteiger partial charge in [0, 0.05) is 18.7 Å². The number of carbonyl (C=O) groups is 1. The van der Waals surface area contributed by atoms with Crippen LogP contribution in [0.1, 0.15) is 39.9 Å². The van der Waals surface area contributed by atoms with E-state index in [1.165, 1.54) is 11.3 Å². The molecule has 1 fully saturated rings. The summed E-state index contributed by atoms with van der Waals surface area (Å²) in [6, 6.07) is 21.2. The highest BCUT2D eigenvalue weighted by molar-refractivity contribution is 7.18. The molecule has 0 radical (unpaired) electrons. The van der Waals surface area contributed by atoms with Crippen molar-refractivity contribution in [3.8, 4) is 6.07 Å². The number of aromatic nitrogens is 1. The van der Waals surface area contributed by atoms with Gasteiger partial charge in [0.2, 0.25) is 0 Å². The average Bonchev–Trinajstić information content (AvgIpc) is 3.34. The summed E-state index contributed by atoms with van der Waals surface area (Å²) >= 11 is 1.50. The molecule has 0 saturated carbocycles. The minimum atomic E-state index is -0.386. The van der Waals surface area contributed by atoms with Crippen LogP contribution in [0.2, 0.25) is 0 Å². The lowest BCUT2D eigenvalue weighted by molar-refractivity contribution is -0.0243. The molecule has 5 rings (SSSR count). The highest BCUT2D eigenvalue weighted by Gasteiger charge is 2.21. The number of nitrogens with zero attached hydrogens (tertiary/aromatic N) is 3. The van der Waals surface area contributed by atoms with Crippen molar-refractivity contribution in [2.75, 3.05) is 32.8 Å². The van der Waals surface area contributed by atoms with Crippen molar-refractivity contribution in [3.05, 3.63) is 76.8 Å². The number of benzene rings is 3. The number of fused-ring (bicyclic) bond motifs is 2. The number of morpholine rings is 1. The highest BCUT2D eigenvalue weighted by Crippen LogP contribution is 2.31. The predicted molar refractivity (Wildman–Crippen MR) is 136 cm³/mol. The smallest absolute Gasteiger partial charge is 0.274 e. The van der Waals surface area contributed by atoms with Crippen molar-refractivity contribution in [2.45, 2.75) is 18.9 Å². The maximum Gasteiger partial charge on any atom is 0.274 e. The van der Waals surface area contributed by atoms with Gasteiger partial charge in [0.1, 0.15) is 11.1 Å². The first-order valence-electron chi connectivity index (χ1n) is 11.7. The zero-order chi connectivity index (χ0) is 24.0. The molecule has 0 spiro atoms. The Balaban J connectivity index is 1.30. The molecule has 1 amide bonds. The number of thiazole rings is 1. The Kier molecular flexibility index (Phi) is 7.31. The zero-order valence-electron chi connectivity index (χ0n) is 19.3. The van der Waals surface area contributed by atoms with Crippen molar-refractivity contribution in [3.63, 3.8) is 0 Å². The van der Waals surface area contributed by atoms with E-state index in [1.807, 2.05) is 48.5 Å². The Morgan fingerprint density at radius 2 is 1.97 bits per heavy atom. The molecule has 1 aromatic heterocycles. The lowest BCUT2D eigenvalue weighted by Gasteiger charge is -2.27. The number of rotatable bonds is 8. The average molecular weight is 487 g/mol. The summed E-state index contributed by atoms with van der Waals surface area (Å²) in [4.78, 5) is 26.0. The van der Waals surface area contributed by atoms with Crippen LogP contribution in [0.15, 0.2) is 60.7 Å². The summed E-state index contributed by atoms with van der Waals surface area (Å²) in [5.41, 5.74) is 4.62. The summed E-state index contributed by atoms with van der Waals surface area (Å²) in [5, 5.41) is 12.1. The van der Waals surface area contributed by atoms with Crippen molar-refractivity contribution >= 4 is 38.2 Å².